The van der Waals surface area contributed by atoms with Crippen LogP contribution in [-0.2, 0) is 0 Å². The molecule has 0 aliphatic rings. The highest BCUT2D eigenvalue weighted by Gasteiger charge is 2.07. The molecule has 0 saturated carbocycles. The molecule has 0 unspecified atom stereocenters. The van der Waals surface area contributed by atoms with Gasteiger partial charge in [0.1, 0.15) is 11.5 Å². The summed E-state index contributed by atoms with van der Waals surface area (Å²) in [7, 11) is 0. The second kappa shape index (κ2) is 7.12. The van der Waals surface area contributed by atoms with Crippen molar-refractivity contribution in [3.05, 3.63) is 90.0 Å². The number of benzene rings is 3. The van der Waals surface area contributed by atoms with Gasteiger partial charge in [-0.05, 0) is 48.5 Å². The van der Waals surface area contributed by atoms with Crippen molar-refractivity contribution in [3.8, 4) is 17.6 Å². The molecule has 1 amide bonds. The van der Waals surface area contributed by atoms with Crippen LogP contribution >= 0.6 is 0 Å². The van der Waals surface area contributed by atoms with E-state index in [4.69, 9.17) is 10.00 Å². The quantitative estimate of drug-likeness (QED) is 0.765. The van der Waals surface area contributed by atoms with Crippen LogP contribution in [0.4, 0.5) is 5.69 Å². The molecule has 1 N–H and O–H groups in total. The Hall–Kier alpha value is -3.58. The van der Waals surface area contributed by atoms with E-state index in [1.54, 1.807) is 36.4 Å². The first-order valence-corrected chi connectivity index (χ1v) is 7.39. The Balaban J connectivity index is 1.72. The largest absolute Gasteiger partial charge is 0.457 e. The zero-order chi connectivity index (χ0) is 16.8. The number of ether oxygens (including phenoxy) is 1. The molecule has 0 aliphatic carbocycles. The molecule has 116 valence electrons. The fourth-order valence-corrected chi connectivity index (χ4v) is 2.16. The van der Waals surface area contributed by atoms with Gasteiger partial charge in [-0.25, -0.2) is 0 Å². The molecular formula is C20H14N2O2. The number of hydrogen-bond acceptors (Lipinski definition) is 3. The average Bonchev–Trinajstić information content (AvgIpc) is 2.63. The number of amides is 1. The second-order valence-corrected chi connectivity index (χ2v) is 5.09. The van der Waals surface area contributed by atoms with Crippen LogP contribution < -0.4 is 10.1 Å². The minimum Gasteiger partial charge on any atom is -0.457 e. The third-order valence-electron chi connectivity index (χ3n) is 3.35. The fourth-order valence-electron chi connectivity index (χ4n) is 2.16. The smallest absolute Gasteiger partial charge is 0.255 e. The second-order valence-electron chi connectivity index (χ2n) is 5.09. The van der Waals surface area contributed by atoms with Gasteiger partial charge in [-0.15, -0.1) is 0 Å². The molecule has 3 rings (SSSR count). The highest BCUT2D eigenvalue weighted by atomic mass is 16.5. The summed E-state index contributed by atoms with van der Waals surface area (Å²) in [5, 5.41) is 11.6. The van der Waals surface area contributed by atoms with Crippen molar-refractivity contribution >= 4 is 11.6 Å². The lowest BCUT2D eigenvalue weighted by Gasteiger charge is -2.09. The summed E-state index contributed by atoms with van der Waals surface area (Å²) >= 11 is 0. The third kappa shape index (κ3) is 3.79. The first-order chi connectivity index (χ1) is 11.7. The Labute approximate surface area is 139 Å². The lowest BCUT2D eigenvalue weighted by molar-refractivity contribution is 0.102. The van der Waals surface area contributed by atoms with E-state index in [0.29, 0.717) is 22.6 Å². The van der Waals surface area contributed by atoms with Crippen LogP contribution in [0.5, 0.6) is 11.5 Å². The molecule has 0 heterocycles. The van der Waals surface area contributed by atoms with Gasteiger partial charge in [0.2, 0.25) is 0 Å². The molecule has 24 heavy (non-hydrogen) atoms. The molecule has 0 aromatic heterocycles. The van der Waals surface area contributed by atoms with Crippen molar-refractivity contribution in [3.63, 3.8) is 0 Å². The molecule has 4 nitrogen and oxygen atoms in total. The standard InChI is InChI=1S/C20H14N2O2/c21-14-15-9-11-16(12-10-15)20(23)22-17-5-4-8-19(13-17)24-18-6-2-1-3-7-18/h1-13H,(H,22,23). The SMILES string of the molecule is N#Cc1ccc(C(=O)Nc2cccc(Oc3ccccc3)c2)cc1. The monoisotopic (exact) mass is 314 g/mol. The number of nitriles is 1. The molecule has 0 fully saturated rings. The summed E-state index contributed by atoms with van der Waals surface area (Å²) in [5.41, 5.74) is 1.64. The molecular weight excluding hydrogens is 300 g/mol. The number of hydrogen-bond donors (Lipinski definition) is 1. The maximum Gasteiger partial charge on any atom is 0.255 e. The van der Waals surface area contributed by atoms with E-state index in [1.807, 2.05) is 48.5 Å². The van der Waals surface area contributed by atoms with E-state index < -0.39 is 0 Å². The molecule has 0 saturated heterocycles. The lowest BCUT2D eigenvalue weighted by atomic mass is 10.1. The maximum absolute atomic E-state index is 12.2. The summed E-state index contributed by atoms with van der Waals surface area (Å²) in [4.78, 5) is 12.2. The fraction of sp³-hybridized carbons (Fsp3) is 0. The Bertz CT molecular complexity index is 882. The Morgan fingerprint density at radius 3 is 2.29 bits per heavy atom. The van der Waals surface area contributed by atoms with Crippen molar-refractivity contribution in [1.82, 2.24) is 0 Å². The minimum atomic E-state index is -0.239. The first-order valence-electron chi connectivity index (χ1n) is 7.39. The predicted molar refractivity (Wildman–Crippen MR) is 92.1 cm³/mol. The van der Waals surface area contributed by atoms with Crippen molar-refractivity contribution < 1.29 is 9.53 Å². The molecule has 0 bridgehead atoms. The van der Waals surface area contributed by atoms with E-state index in [2.05, 4.69) is 5.32 Å². The minimum absolute atomic E-state index is 0.239. The van der Waals surface area contributed by atoms with Gasteiger partial charge in [0.15, 0.2) is 0 Å². The number of nitrogens with zero attached hydrogens (tertiary/aromatic N) is 1. The molecule has 0 spiro atoms. The van der Waals surface area contributed by atoms with Gasteiger partial charge < -0.3 is 10.1 Å². The summed E-state index contributed by atoms with van der Waals surface area (Å²) in [6.45, 7) is 0. The van der Waals surface area contributed by atoms with Gasteiger partial charge in [-0.2, -0.15) is 5.26 Å². The van der Waals surface area contributed by atoms with E-state index >= 15 is 0 Å². The summed E-state index contributed by atoms with van der Waals surface area (Å²) in [5.74, 6) is 1.13. The number of para-hydroxylation sites is 1. The highest BCUT2D eigenvalue weighted by Crippen LogP contribution is 2.24. The zero-order valence-corrected chi connectivity index (χ0v) is 12.8. The molecule has 3 aromatic carbocycles. The van der Waals surface area contributed by atoms with Gasteiger partial charge in [0.25, 0.3) is 5.91 Å². The van der Waals surface area contributed by atoms with Gasteiger partial charge in [0, 0.05) is 17.3 Å². The number of nitrogens with one attached hydrogen (secondary N) is 1. The van der Waals surface area contributed by atoms with E-state index in [1.165, 1.54) is 0 Å². The van der Waals surface area contributed by atoms with Gasteiger partial charge >= 0.3 is 0 Å². The van der Waals surface area contributed by atoms with E-state index in [9.17, 15) is 4.79 Å². The Morgan fingerprint density at radius 2 is 1.58 bits per heavy atom. The normalized spacial score (nSPS) is 9.79. The summed E-state index contributed by atoms with van der Waals surface area (Å²) in [6.07, 6.45) is 0. The average molecular weight is 314 g/mol. The number of anilines is 1. The van der Waals surface area contributed by atoms with Crippen LogP contribution in [0.1, 0.15) is 15.9 Å². The summed E-state index contributed by atoms with van der Waals surface area (Å²) < 4.78 is 5.75. The molecule has 4 heteroatoms. The van der Waals surface area contributed by atoms with Crippen molar-refractivity contribution in [1.29, 1.82) is 5.26 Å². The Kier molecular flexibility index (Phi) is 4.55. The van der Waals surface area contributed by atoms with Crippen molar-refractivity contribution in [2.24, 2.45) is 0 Å². The van der Waals surface area contributed by atoms with Crippen LogP contribution in [-0.4, -0.2) is 5.91 Å². The van der Waals surface area contributed by atoms with Gasteiger partial charge in [-0.1, -0.05) is 24.3 Å². The van der Waals surface area contributed by atoms with E-state index in [-0.39, 0.29) is 5.91 Å². The molecule has 0 radical (unpaired) electrons. The number of carbonyl (C=O) groups is 1. The summed E-state index contributed by atoms with van der Waals surface area (Å²) in [6, 6.07) is 25.1. The lowest BCUT2D eigenvalue weighted by Crippen LogP contribution is -2.11. The first kappa shape index (κ1) is 15.3. The van der Waals surface area contributed by atoms with Crippen LogP contribution in [0.3, 0.4) is 0 Å². The molecule has 3 aromatic rings. The zero-order valence-electron chi connectivity index (χ0n) is 12.8. The van der Waals surface area contributed by atoms with Crippen molar-refractivity contribution in [2.75, 3.05) is 5.32 Å². The Morgan fingerprint density at radius 1 is 0.875 bits per heavy atom. The molecule has 0 aliphatic heterocycles. The van der Waals surface area contributed by atoms with Crippen LogP contribution in [0.15, 0.2) is 78.9 Å². The van der Waals surface area contributed by atoms with Crippen molar-refractivity contribution in [2.45, 2.75) is 0 Å². The number of carbonyl (C=O) groups excluding carboxylic acids is 1. The van der Waals surface area contributed by atoms with E-state index in [0.717, 1.165) is 5.75 Å². The van der Waals surface area contributed by atoms with Gasteiger partial charge in [0.05, 0.1) is 11.6 Å². The number of rotatable bonds is 4. The highest BCUT2D eigenvalue weighted by molar-refractivity contribution is 6.04. The van der Waals surface area contributed by atoms with Crippen LogP contribution in [0, 0.1) is 11.3 Å². The predicted octanol–water partition coefficient (Wildman–Crippen LogP) is 4.60. The van der Waals surface area contributed by atoms with Crippen LogP contribution in [0.2, 0.25) is 0 Å². The third-order valence-corrected chi connectivity index (χ3v) is 3.35. The van der Waals surface area contributed by atoms with Crippen LogP contribution in [0.25, 0.3) is 0 Å². The maximum atomic E-state index is 12.2. The topological polar surface area (TPSA) is 62.1 Å². The van der Waals surface area contributed by atoms with Gasteiger partial charge in [-0.3, -0.25) is 4.79 Å². The molecule has 0 atom stereocenters.